The zero-order valence-electron chi connectivity index (χ0n) is 16.4. The average Bonchev–Trinajstić information content (AvgIpc) is 2.61. The van der Waals surface area contributed by atoms with Gasteiger partial charge in [-0.2, -0.15) is 0 Å². The topological polar surface area (TPSA) is 92.4 Å². The third-order valence-electron chi connectivity index (χ3n) is 5.84. The zero-order chi connectivity index (χ0) is 19.3. The number of halogens is 1. The van der Waals surface area contributed by atoms with Gasteiger partial charge in [0.15, 0.2) is 0 Å². The van der Waals surface area contributed by atoms with Crippen LogP contribution in [0, 0.1) is 29.6 Å². The number of carbonyl (C=O) groups excluding carboxylic acids is 1. The fraction of sp³-hybridized carbons (Fsp3) is 0.619. The highest BCUT2D eigenvalue weighted by Gasteiger charge is 2.43. The molecule has 6 heteroatoms. The molecular weight excluding hydrogens is 364 g/mol. The maximum absolute atomic E-state index is 12.4. The second kappa shape index (κ2) is 10.7. The number of carboxylic acids is 1. The predicted octanol–water partition coefficient (Wildman–Crippen LogP) is 3.63. The maximum Gasteiger partial charge on any atom is 0.309 e. The summed E-state index contributed by atoms with van der Waals surface area (Å²) in [6, 6.07) is 8.84. The lowest BCUT2D eigenvalue weighted by Crippen LogP contribution is -2.46. The Kier molecular flexibility index (Phi) is 9.27. The average molecular weight is 397 g/mol. The van der Waals surface area contributed by atoms with Crippen LogP contribution in [0.5, 0.6) is 0 Å². The highest BCUT2D eigenvalue weighted by molar-refractivity contribution is 5.85. The van der Waals surface area contributed by atoms with Crippen molar-refractivity contribution in [3.8, 4) is 0 Å². The molecule has 2 rings (SSSR count). The molecule has 1 aliphatic rings. The Morgan fingerprint density at radius 1 is 1.19 bits per heavy atom. The lowest BCUT2D eigenvalue weighted by atomic mass is 9.63. The van der Waals surface area contributed by atoms with Crippen molar-refractivity contribution in [1.29, 1.82) is 0 Å². The minimum absolute atomic E-state index is 0. The monoisotopic (exact) mass is 396 g/mol. The van der Waals surface area contributed by atoms with Crippen molar-refractivity contribution in [3.05, 3.63) is 35.9 Å². The van der Waals surface area contributed by atoms with Crippen molar-refractivity contribution in [1.82, 2.24) is 5.32 Å². The quantitative estimate of drug-likeness (QED) is 0.656. The molecule has 0 bridgehead atoms. The van der Waals surface area contributed by atoms with E-state index in [4.69, 9.17) is 5.73 Å². The number of aliphatic carboxylic acids is 1. The molecule has 152 valence electrons. The van der Waals surface area contributed by atoms with E-state index in [1.54, 1.807) is 0 Å². The summed E-state index contributed by atoms with van der Waals surface area (Å²) >= 11 is 0. The van der Waals surface area contributed by atoms with Crippen molar-refractivity contribution in [3.63, 3.8) is 0 Å². The van der Waals surface area contributed by atoms with E-state index < -0.39 is 17.9 Å². The molecule has 1 aromatic rings. The van der Waals surface area contributed by atoms with E-state index in [2.05, 4.69) is 26.1 Å². The molecule has 0 radical (unpaired) electrons. The standard InChI is InChI=1S/C21H32N2O3.ClH/c1-13(2)16-10-9-14(3)11-17(16)19(21(25)26)20(23-18(24)12-22)15-7-5-4-6-8-15;/h4-8,13-14,16-17,19-20H,9-12,22H2,1-3H3,(H,23,24)(H,25,26);1H/t14-,16?,17-,19+,20+;/m1./s1. The number of rotatable bonds is 7. The molecule has 0 spiro atoms. The van der Waals surface area contributed by atoms with E-state index >= 15 is 0 Å². The molecule has 1 amide bonds. The van der Waals surface area contributed by atoms with Crippen LogP contribution in [0.4, 0.5) is 0 Å². The van der Waals surface area contributed by atoms with Gasteiger partial charge in [-0.25, -0.2) is 0 Å². The van der Waals surface area contributed by atoms with Gasteiger partial charge >= 0.3 is 5.97 Å². The van der Waals surface area contributed by atoms with E-state index in [9.17, 15) is 14.7 Å². The molecule has 0 heterocycles. The Morgan fingerprint density at radius 3 is 2.33 bits per heavy atom. The SMILES string of the molecule is CC(C)C1CC[C@@H](C)C[C@H]1[C@H](C(=O)O)[C@@H](NC(=O)CN)c1ccccc1.Cl. The van der Waals surface area contributed by atoms with Gasteiger partial charge in [0, 0.05) is 0 Å². The number of carboxylic acid groups (broad SMARTS) is 1. The third kappa shape index (κ3) is 5.94. The fourth-order valence-corrected chi connectivity index (χ4v) is 4.54. The lowest BCUT2D eigenvalue weighted by molar-refractivity contribution is -0.148. The van der Waals surface area contributed by atoms with Gasteiger partial charge in [0.25, 0.3) is 0 Å². The lowest BCUT2D eigenvalue weighted by Gasteiger charge is -2.43. The molecule has 5 atom stereocenters. The number of carbonyl (C=O) groups is 2. The Morgan fingerprint density at radius 2 is 1.81 bits per heavy atom. The summed E-state index contributed by atoms with van der Waals surface area (Å²) in [5.41, 5.74) is 6.31. The molecule has 5 nitrogen and oxygen atoms in total. The summed E-state index contributed by atoms with van der Waals surface area (Å²) in [6.45, 7) is 6.38. The van der Waals surface area contributed by atoms with Crippen molar-refractivity contribution >= 4 is 24.3 Å². The molecule has 0 aromatic heterocycles. The van der Waals surface area contributed by atoms with Gasteiger partial charge in [0.2, 0.25) is 5.91 Å². The van der Waals surface area contributed by atoms with Gasteiger partial charge in [-0.05, 0) is 42.1 Å². The molecule has 4 N–H and O–H groups in total. The van der Waals surface area contributed by atoms with Crippen molar-refractivity contribution < 1.29 is 14.7 Å². The molecular formula is C21H33ClN2O3. The van der Waals surface area contributed by atoms with Gasteiger partial charge < -0.3 is 16.2 Å². The minimum Gasteiger partial charge on any atom is -0.481 e. The first-order chi connectivity index (χ1) is 12.3. The van der Waals surface area contributed by atoms with Gasteiger partial charge in [-0.3, -0.25) is 9.59 Å². The number of hydrogen-bond donors (Lipinski definition) is 3. The minimum atomic E-state index is -0.846. The van der Waals surface area contributed by atoms with Gasteiger partial charge in [0.05, 0.1) is 18.5 Å². The van der Waals surface area contributed by atoms with Crippen LogP contribution in [-0.2, 0) is 9.59 Å². The molecule has 0 aliphatic heterocycles. The van der Waals surface area contributed by atoms with Crippen LogP contribution in [0.15, 0.2) is 30.3 Å². The molecule has 1 aliphatic carbocycles. The van der Waals surface area contributed by atoms with Crippen LogP contribution in [0.25, 0.3) is 0 Å². The van der Waals surface area contributed by atoms with Crippen LogP contribution in [0.3, 0.4) is 0 Å². The first-order valence-electron chi connectivity index (χ1n) is 9.62. The van der Waals surface area contributed by atoms with Crippen LogP contribution in [0.1, 0.15) is 51.6 Å². The molecule has 1 fully saturated rings. The zero-order valence-corrected chi connectivity index (χ0v) is 17.2. The highest BCUT2D eigenvalue weighted by Crippen LogP contribution is 2.45. The first-order valence-corrected chi connectivity index (χ1v) is 9.62. The van der Waals surface area contributed by atoms with Crippen molar-refractivity contribution in [2.75, 3.05) is 6.54 Å². The third-order valence-corrected chi connectivity index (χ3v) is 5.84. The Balaban J connectivity index is 0.00000364. The highest BCUT2D eigenvalue weighted by atomic mass is 35.5. The summed E-state index contributed by atoms with van der Waals surface area (Å²) in [6.07, 6.45) is 3.05. The number of hydrogen-bond acceptors (Lipinski definition) is 3. The van der Waals surface area contributed by atoms with Crippen LogP contribution in [-0.4, -0.2) is 23.5 Å². The second-order valence-electron chi connectivity index (χ2n) is 8.01. The van der Waals surface area contributed by atoms with E-state index in [1.807, 2.05) is 30.3 Å². The van der Waals surface area contributed by atoms with Gasteiger partial charge in [0.1, 0.15) is 0 Å². The van der Waals surface area contributed by atoms with Crippen molar-refractivity contribution in [2.45, 2.75) is 46.1 Å². The fourth-order valence-electron chi connectivity index (χ4n) is 4.54. The van der Waals surface area contributed by atoms with Gasteiger partial charge in [-0.15, -0.1) is 12.4 Å². The summed E-state index contributed by atoms with van der Waals surface area (Å²) in [7, 11) is 0. The molecule has 1 saturated carbocycles. The number of nitrogens with two attached hydrogens (primary N) is 1. The molecule has 1 unspecified atom stereocenters. The smallest absolute Gasteiger partial charge is 0.309 e. The largest absolute Gasteiger partial charge is 0.481 e. The Bertz CT molecular complexity index is 609. The summed E-state index contributed by atoms with van der Waals surface area (Å²) < 4.78 is 0. The van der Waals surface area contributed by atoms with E-state index in [-0.39, 0.29) is 30.8 Å². The van der Waals surface area contributed by atoms with Crippen LogP contribution >= 0.6 is 12.4 Å². The second-order valence-corrected chi connectivity index (χ2v) is 8.01. The molecule has 1 aromatic carbocycles. The summed E-state index contributed by atoms with van der Waals surface area (Å²) in [4.78, 5) is 24.4. The van der Waals surface area contributed by atoms with E-state index in [0.717, 1.165) is 24.8 Å². The van der Waals surface area contributed by atoms with Crippen molar-refractivity contribution in [2.24, 2.45) is 35.3 Å². The predicted molar refractivity (Wildman–Crippen MR) is 110 cm³/mol. The number of benzene rings is 1. The van der Waals surface area contributed by atoms with Gasteiger partial charge in [-0.1, -0.05) is 57.5 Å². The normalized spacial score (nSPS) is 24.6. The Labute approximate surface area is 168 Å². The summed E-state index contributed by atoms with van der Waals surface area (Å²) in [5, 5.41) is 13.0. The number of amides is 1. The molecule has 0 saturated heterocycles. The summed E-state index contributed by atoms with van der Waals surface area (Å²) in [5.74, 6) is -0.554. The van der Waals surface area contributed by atoms with Crippen LogP contribution < -0.4 is 11.1 Å². The van der Waals surface area contributed by atoms with Crippen LogP contribution in [0.2, 0.25) is 0 Å². The van der Waals surface area contributed by atoms with E-state index in [1.165, 1.54) is 0 Å². The van der Waals surface area contributed by atoms with E-state index in [0.29, 0.717) is 17.8 Å². The molecule has 27 heavy (non-hydrogen) atoms. The Hall–Kier alpha value is -1.59. The first kappa shape index (κ1) is 23.4. The maximum atomic E-state index is 12.4. The number of nitrogens with one attached hydrogen (secondary N) is 1.